The minimum absolute atomic E-state index is 0.0815. The van der Waals surface area contributed by atoms with Gasteiger partial charge < -0.3 is 4.74 Å². The number of benzene rings is 1. The number of nitrogens with zero attached hydrogens (tertiary/aromatic N) is 1. The Morgan fingerprint density at radius 3 is 2.76 bits per heavy atom. The van der Waals surface area contributed by atoms with Crippen molar-refractivity contribution < 1.29 is 24.0 Å². The number of nitro groups is 1. The molecule has 1 saturated heterocycles. The standard InChI is InChI=1S/C13H8ClNO6/c14-5-1-2-6(8(3-5)15(19)20)11(16)10-12(17)7-4-9(7)21-13(10)18/h1-3,7,9-10H,4H2. The van der Waals surface area contributed by atoms with Crippen LogP contribution in [0.4, 0.5) is 5.69 Å². The molecule has 0 aromatic heterocycles. The maximum absolute atomic E-state index is 12.4. The molecule has 1 aromatic carbocycles. The van der Waals surface area contributed by atoms with E-state index in [0.29, 0.717) is 6.42 Å². The molecule has 108 valence electrons. The van der Waals surface area contributed by atoms with Crippen molar-refractivity contribution in [1.82, 2.24) is 0 Å². The van der Waals surface area contributed by atoms with Crippen LogP contribution in [0.25, 0.3) is 0 Å². The molecule has 0 amide bonds. The van der Waals surface area contributed by atoms with Crippen molar-refractivity contribution in [3.63, 3.8) is 0 Å². The van der Waals surface area contributed by atoms with Gasteiger partial charge in [0.05, 0.1) is 16.4 Å². The second kappa shape index (κ2) is 4.63. The number of Topliss-reactive ketones (excluding diaryl/α,β-unsaturated/α-hetero) is 2. The molecule has 1 aromatic rings. The van der Waals surface area contributed by atoms with Crippen LogP contribution in [0.15, 0.2) is 18.2 Å². The first-order valence-corrected chi connectivity index (χ1v) is 6.50. The smallest absolute Gasteiger partial charge is 0.324 e. The van der Waals surface area contributed by atoms with E-state index < -0.39 is 46.1 Å². The number of rotatable bonds is 3. The summed E-state index contributed by atoms with van der Waals surface area (Å²) in [7, 11) is 0. The van der Waals surface area contributed by atoms with E-state index in [2.05, 4.69) is 0 Å². The molecule has 0 bridgehead atoms. The number of hydrogen-bond donors (Lipinski definition) is 0. The normalized spacial score (nSPS) is 26.8. The first-order valence-electron chi connectivity index (χ1n) is 6.12. The summed E-state index contributed by atoms with van der Waals surface area (Å²) < 4.78 is 4.93. The minimum Gasteiger partial charge on any atom is -0.461 e. The van der Waals surface area contributed by atoms with Gasteiger partial charge in [0, 0.05) is 11.1 Å². The highest BCUT2D eigenvalue weighted by molar-refractivity contribution is 6.31. The van der Waals surface area contributed by atoms with Crippen molar-refractivity contribution in [2.24, 2.45) is 11.8 Å². The van der Waals surface area contributed by atoms with Crippen LogP contribution in [0.5, 0.6) is 0 Å². The fraction of sp³-hybridized carbons (Fsp3) is 0.308. The molecule has 2 aliphatic rings. The second-order valence-electron chi connectivity index (χ2n) is 4.94. The molecule has 21 heavy (non-hydrogen) atoms. The number of hydrogen-bond acceptors (Lipinski definition) is 6. The van der Waals surface area contributed by atoms with Crippen LogP contribution >= 0.6 is 11.6 Å². The zero-order chi connectivity index (χ0) is 15.3. The van der Waals surface area contributed by atoms with E-state index in [-0.39, 0.29) is 10.6 Å². The molecule has 3 rings (SSSR count). The molecule has 2 fully saturated rings. The average molecular weight is 310 g/mol. The number of halogens is 1. The SMILES string of the molecule is O=C1OC2CC2C(=O)C1C(=O)c1ccc(Cl)cc1[N+](=O)[O-]. The summed E-state index contributed by atoms with van der Waals surface area (Å²) >= 11 is 5.66. The summed E-state index contributed by atoms with van der Waals surface area (Å²) in [5, 5.41) is 11.1. The van der Waals surface area contributed by atoms with E-state index in [1.807, 2.05) is 0 Å². The topological polar surface area (TPSA) is 104 Å². The van der Waals surface area contributed by atoms with Gasteiger partial charge in [-0.2, -0.15) is 0 Å². The van der Waals surface area contributed by atoms with Gasteiger partial charge in [-0.25, -0.2) is 0 Å². The molecule has 3 atom stereocenters. The predicted molar refractivity (Wildman–Crippen MR) is 68.9 cm³/mol. The summed E-state index contributed by atoms with van der Waals surface area (Å²) in [6, 6.07) is 3.44. The summed E-state index contributed by atoms with van der Waals surface area (Å²) in [4.78, 5) is 46.3. The quantitative estimate of drug-likeness (QED) is 0.276. The van der Waals surface area contributed by atoms with Gasteiger partial charge in [0.2, 0.25) is 0 Å². The van der Waals surface area contributed by atoms with E-state index in [1.54, 1.807) is 0 Å². The lowest BCUT2D eigenvalue weighted by Gasteiger charge is -2.18. The van der Waals surface area contributed by atoms with Crippen molar-refractivity contribution in [3.8, 4) is 0 Å². The van der Waals surface area contributed by atoms with Gasteiger partial charge >= 0.3 is 5.97 Å². The molecular formula is C13H8ClNO6. The molecule has 1 aliphatic carbocycles. The van der Waals surface area contributed by atoms with Gasteiger partial charge in [0.15, 0.2) is 17.5 Å². The molecule has 8 heteroatoms. The average Bonchev–Trinajstić information content (AvgIpc) is 3.17. The van der Waals surface area contributed by atoms with Crippen molar-refractivity contribution in [1.29, 1.82) is 0 Å². The van der Waals surface area contributed by atoms with Crippen molar-refractivity contribution in [2.75, 3.05) is 0 Å². The third-order valence-corrected chi connectivity index (χ3v) is 3.80. The van der Waals surface area contributed by atoms with Gasteiger partial charge in [-0.1, -0.05) is 11.6 Å². The predicted octanol–water partition coefficient (Wildman–Crippen LogP) is 1.56. The monoisotopic (exact) mass is 309 g/mol. The maximum Gasteiger partial charge on any atom is 0.324 e. The number of esters is 1. The Kier molecular flexibility index (Phi) is 3.02. The van der Waals surface area contributed by atoms with Gasteiger partial charge in [-0.05, 0) is 18.6 Å². The second-order valence-corrected chi connectivity index (χ2v) is 5.37. The van der Waals surface area contributed by atoms with Crippen molar-refractivity contribution in [2.45, 2.75) is 12.5 Å². The van der Waals surface area contributed by atoms with Crippen LogP contribution in [0.1, 0.15) is 16.8 Å². The molecule has 1 saturated carbocycles. The first-order chi connectivity index (χ1) is 9.90. The summed E-state index contributed by atoms with van der Waals surface area (Å²) in [5.74, 6) is -4.45. The van der Waals surface area contributed by atoms with E-state index in [1.165, 1.54) is 6.07 Å². The largest absolute Gasteiger partial charge is 0.461 e. The Hall–Kier alpha value is -2.28. The molecule has 7 nitrogen and oxygen atoms in total. The maximum atomic E-state index is 12.4. The highest BCUT2D eigenvalue weighted by Crippen LogP contribution is 2.42. The molecule has 0 radical (unpaired) electrons. The van der Waals surface area contributed by atoms with Gasteiger partial charge in [-0.3, -0.25) is 24.5 Å². The van der Waals surface area contributed by atoms with Crippen molar-refractivity contribution >= 4 is 34.8 Å². The third-order valence-electron chi connectivity index (χ3n) is 3.57. The zero-order valence-corrected chi connectivity index (χ0v) is 11.2. The fourth-order valence-electron chi connectivity index (χ4n) is 2.40. The minimum atomic E-state index is -1.62. The molecule has 0 N–H and O–H groups in total. The summed E-state index contributed by atoms with van der Waals surface area (Å²) in [6.45, 7) is 0. The zero-order valence-electron chi connectivity index (χ0n) is 10.4. The van der Waals surface area contributed by atoms with Crippen LogP contribution in [0.2, 0.25) is 5.02 Å². The van der Waals surface area contributed by atoms with Gasteiger partial charge in [0.25, 0.3) is 5.69 Å². The third kappa shape index (κ3) is 2.19. The van der Waals surface area contributed by atoms with Crippen LogP contribution in [0, 0.1) is 22.0 Å². The van der Waals surface area contributed by atoms with E-state index in [9.17, 15) is 24.5 Å². The number of carbonyl (C=O) groups is 3. The van der Waals surface area contributed by atoms with Gasteiger partial charge in [-0.15, -0.1) is 0 Å². The molecule has 1 aliphatic heterocycles. The number of fused-ring (bicyclic) bond motifs is 1. The van der Waals surface area contributed by atoms with Crippen LogP contribution in [-0.4, -0.2) is 28.6 Å². The van der Waals surface area contributed by atoms with E-state index in [0.717, 1.165) is 12.1 Å². The van der Waals surface area contributed by atoms with Crippen LogP contribution in [0.3, 0.4) is 0 Å². The summed E-state index contributed by atoms with van der Waals surface area (Å²) in [6.07, 6.45) is -0.0221. The van der Waals surface area contributed by atoms with Gasteiger partial charge in [0.1, 0.15) is 6.10 Å². The first kappa shape index (κ1) is 13.7. The van der Waals surface area contributed by atoms with Crippen LogP contribution < -0.4 is 0 Å². The molecule has 3 unspecified atom stereocenters. The Morgan fingerprint density at radius 1 is 1.38 bits per heavy atom. The molecular weight excluding hydrogens is 302 g/mol. The van der Waals surface area contributed by atoms with E-state index >= 15 is 0 Å². The number of carbonyl (C=O) groups excluding carboxylic acids is 3. The molecule has 1 heterocycles. The number of ether oxygens (including phenoxy) is 1. The Bertz CT molecular complexity index is 700. The molecule has 0 spiro atoms. The Balaban J connectivity index is 2.00. The van der Waals surface area contributed by atoms with Crippen LogP contribution in [-0.2, 0) is 14.3 Å². The summed E-state index contributed by atoms with van der Waals surface area (Å²) in [5.41, 5.74) is -0.857. The fourth-order valence-corrected chi connectivity index (χ4v) is 2.57. The van der Waals surface area contributed by atoms with Crippen molar-refractivity contribution in [3.05, 3.63) is 38.9 Å². The highest BCUT2D eigenvalue weighted by Gasteiger charge is 2.57. The highest BCUT2D eigenvalue weighted by atomic mass is 35.5. The Morgan fingerprint density at radius 2 is 2.10 bits per heavy atom. The number of ketones is 2. The lowest BCUT2D eigenvalue weighted by molar-refractivity contribution is -0.385. The number of nitro benzene ring substituents is 1. The lowest BCUT2D eigenvalue weighted by atomic mass is 9.89. The lowest BCUT2D eigenvalue weighted by Crippen LogP contribution is -2.39. The Labute approximate surface area is 123 Å². The van der Waals surface area contributed by atoms with E-state index in [4.69, 9.17) is 16.3 Å².